The molecule has 2 nitrogen and oxygen atoms in total. The number of carbonyl (C=O) groups excluding carboxylic acids is 1. The zero-order valence-electron chi connectivity index (χ0n) is 10.0. The Morgan fingerprint density at radius 2 is 2.12 bits per heavy atom. The van der Waals surface area contributed by atoms with Gasteiger partial charge in [0, 0.05) is 11.1 Å². The van der Waals surface area contributed by atoms with Crippen LogP contribution in [-0.2, 0) is 11.2 Å². The first-order chi connectivity index (χ1) is 8.04. The van der Waals surface area contributed by atoms with Gasteiger partial charge < -0.3 is 5.32 Å². The molecular weight excluding hydrogens is 302 g/mol. The highest BCUT2D eigenvalue weighted by Crippen LogP contribution is 2.16. The van der Waals surface area contributed by atoms with Crippen LogP contribution in [0.15, 0.2) is 24.3 Å². The maximum absolute atomic E-state index is 11.7. The van der Waals surface area contributed by atoms with E-state index < -0.39 is 0 Å². The van der Waals surface area contributed by atoms with Gasteiger partial charge in [-0.15, -0.1) is 0 Å². The van der Waals surface area contributed by atoms with E-state index in [0.29, 0.717) is 0 Å². The number of halogens is 2. The van der Waals surface area contributed by atoms with Crippen molar-refractivity contribution >= 4 is 33.4 Å². The second kappa shape index (κ2) is 7.02. The zero-order valence-corrected chi connectivity index (χ0v) is 12.4. The number of alkyl halides is 1. The summed E-state index contributed by atoms with van der Waals surface area (Å²) >= 11 is 9.41. The third-order valence-corrected chi connectivity index (χ3v) is 3.95. The molecule has 0 aliphatic rings. The summed E-state index contributed by atoms with van der Waals surface area (Å²) < 4.78 is 0. The lowest BCUT2D eigenvalue weighted by molar-refractivity contribution is -0.121. The highest BCUT2D eigenvalue weighted by Gasteiger charge is 2.15. The van der Waals surface area contributed by atoms with Gasteiger partial charge in [0.05, 0.1) is 4.83 Å². The Hall–Kier alpha value is -0.540. The average molecular weight is 319 g/mol. The first kappa shape index (κ1) is 14.5. The van der Waals surface area contributed by atoms with Crippen molar-refractivity contribution < 1.29 is 4.79 Å². The Kier molecular flexibility index (Phi) is 6.00. The first-order valence-corrected chi connectivity index (χ1v) is 7.01. The number of rotatable bonds is 5. The molecule has 0 saturated heterocycles. The molecule has 0 spiro atoms. The van der Waals surface area contributed by atoms with Crippen LogP contribution in [-0.4, -0.2) is 16.8 Å². The smallest absolute Gasteiger partial charge is 0.233 e. The Bertz CT molecular complexity index is 383. The topological polar surface area (TPSA) is 29.1 Å². The largest absolute Gasteiger partial charge is 0.352 e. The summed E-state index contributed by atoms with van der Waals surface area (Å²) in [4.78, 5) is 11.6. The standard InChI is InChI=1S/C13H17BrClNO/c1-3-11(14)13(17)16-9(2)8-10-6-4-5-7-12(10)15/h4-7,9,11H,3,8H2,1-2H3,(H,16,17). The van der Waals surface area contributed by atoms with Crippen molar-refractivity contribution in [3.63, 3.8) is 0 Å². The van der Waals surface area contributed by atoms with Crippen LogP contribution in [0.5, 0.6) is 0 Å². The molecule has 0 aromatic heterocycles. The van der Waals surface area contributed by atoms with E-state index in [1.54, 1.807) is 0 Å². The molecule has 0 saturated carbocycles. The van der Waals surface area contributed by atoms with Gasteiger partial charge in [0.15, 0.2) is 0 Å². The summed E-state index contributed by atoms with van der Waals surface area (Å²) in [5.74, 6) is 0.0343. The number of nitrogens with one attached hydrogen (secondary N) is 1. The zero-order chi connectivity index (χ0) is 12.8. The molecule has 94 valence electrons. The van der Waals surface area contributed by atoms with Gasteiger partial charge >= 0.3 is 0 Å². The molecule has 2 unspecified atom stereocenters. The molecular formula is C13H17BrClNO. The summed E-state index contributed by atoms with van der Waals surface area (Å²) in [6.07, 6.45) is 1.53. The Morgan fingerprint density at radius 3 is 2.71 bits per heavy atom. The third-order valence-electron chi connectivity index (χ3n) is 2.52. The van der Waals surface area contributed by atoms with Crippen molar-refractivity contribution in [2.75, 3.05) is 0 Å². The van der Waals surface area contributed by atoms with E-state index in [-0.39, 0.29) is 16.8 Å². The van der Waals surface area contributed by atoms with Gasteiger partial charge in [-0.2, -0.15) is 0 Å². The van der Waals surface area contributed by atoms with Gasteiger partial charge in [-0.25, -0.2) is 0 Å². The molecule has 1 N–H and O–H groups in total. The first-order valence-electron chi connectivity index (χ1n) is 5.72. The van der Waals surface area contributed by atoms with Gasteiger partial charge in [0.2, 0.25) is 5.91 Å². The lowest BCUT2D eigenvalue weighted by Crippen LogP contribution is -2.38. The molecule has 2 atom stereocenters. The summed E-state index contributed by atoms with van der Waals surface area (Å²) in [6, 6.07) is 7.78. The number of hydrogen-bond acceptors (Lipinski definition) is 1. The minimum atomic E-state index is -0.115. The number of carbonyl (C=O) groups is 1. The Morgan fingerprint density at radius 1 is 1.47 bits per heavy atom. The summed E-state index contributed by atoms with van der Waals surface area (Å²) in [6.45, 7) is 3.95. The highest BCUT2D eigenvalue weighted by atomic mass is 79.9. The fraction of sp³-hybridized carbons (Fsp3) is 0.462. The van der Waals surface area contributed by atoms with Crippen molar-refractivity contribution in [2.45, 2.75) is 37.6 Å². The average Bonchev–Trinajstić information content (AvgIpc) is 2.31. The van der Waals surface area contributed by atoms with E-state index in [4.69, 9.17) is 11.6 Å². The van der Waals surface area contributed by atoms with E-state index in [9.17, 15) is 4.79 Å². The van der Waals surface area contributed by atoms with Crippen LogP contribution in [0.4, 0.5) is 0 Å². The molecule has 0 radical (unpaired) electrons. The van der Waals surface area contributed by atoms with Crippen molar-refractivity contribution in [2.24, 2.45) is 0 Å². The lowest BCUT2D eigenvalue weighted by Gasteiger charge is -2.16. The third kappa shape index (κ3) is 4.68. The monoisotopic (exact) mass is 317 g/mol. The van der Waals surface area contributed by atoms with Gasteiger partial charge in [-0.05, 0) is 31.4 Å². The van der Waals surface area contributed by atoms with Gasteiger partial charge in [-0.3, -0.25) is 4.79 Å². The number of amides is 1. The molecule has 0 aliphatic carbocycles. The second-order valence-corrected chi connectivity index (χ2v) is 5.59. The van der Waals surface area contributed by atoms with E-state index in [1.165, 1.54) is 0 Å². The van der Waals surface area contributed by atoms with Gasteiger partial charge in [-0.1, -0.05) is 52.7 Å². The van der Waals surface area contributed by atoms with Crippen molar-refractivity contribution in [3.05, 3.63) is 34.9 Å². The maximum Gasteiger partial charge on any atom is 0.233 e. The fourth-order valence-electron chi connectivity index (χ4n) is 1.56. The normalized spacial score (nSPS) is 14.1. The minimum absolute atomic E-state index is 0.0343. The van der Waals surface area contributed by atoms with Crippen LogP contribution in [0, 0.1) is 0 Å². The second-order valence-electron chi connectivity index (χ2n) is 4.08. The summed E-state index contributed by atoms with van der Waals surface area (Å²) in [5, 5.41) is 3.71. The van der Waals surface area contributed by atoms with Gasteiger partial charge in [0.25, 0.3) is 0 Å². The van der Waals surface area contributed by atoms with Crippen LogP contribution < -0.4 is 5.32 Å². The SMILES string of the molecule is CCC(Br)C(=O)NC(C)Cc1ccccc1Cl. The van der Waals surface area contributed by atoms with Crippen LogP contribution in [0.1, 0.15) is 25.8 Å². The quantitative estimate of drug-likeness (QED) is 0.826. The van der Waals surface area contributed by atoms with Crippen LogP contribution in [0.25, 0.3) is 0 Å². The maximum atomic E-state index is 11.7. The van der Waals surface area contributed by atoms with E-state index in [2.05, 4.69) is 21.2 Å². The molecule has 4 heteroatoms. The summed E-state index contributed by atoms with van der Waals surface area (Å²) in [5.41, 5.74) is 1.06. The van der Waals surface area contributed by atoms with Crippen LogP contribution >= 0.6 is 27.5 Å². The molecule has 0 bridgehead atoms. The molecule has 1 rings (SSSR count). The molecule has 1 aromatic rings. The molecule has 1 amide bonds. The fourth-order valence-corrected chi connectivity index (χ4v) is 1.91. The highest BCUT2D eigenvalue weighted by molar-refractivity contribution is 9.10. The van der Waals surface area contributed by atoms with Crippen LogP contribution in [0.2, 0.25) is 5.02 Å². The Labute approximate surface area is 116 Å². The number of benzene rings is 1. The molecule has 1 aromatic carbocycles. The van der Waals surface area contributed by atoms with E-state index >= 15 is 0 Å². The Balaban J connectivity index is 2.53. The molecule has 0 fully saturated rings. The molecule has 0 heterocycles. The van der Waals surface area contributed by atoms with Gasteiger partial charge in [0.1, 0.15) is 0 Å². The lowest BCUT2D eigenvalue weighted by atomic mass is 10.1. The van der Waals surface area contributed by atoms with Crippen LogP contribution in [0.3, 0.4) is 0 Å². The summed E-state index contributed by atoms with van der Waals surface area (Å²) in [7, 11) is 0. The predicted molar refractivity (Wildman–Crippen MR) is 75.8 cm³/mol. The van der Waals surface area contributed by atoms with E-state index in [1.807, 2.05) is 38.1 Å². The van der Waals surface area contributed by atoms with Crippen molar-refractivity contribution in [3.8, 4) is 0 Å². The number of hydrogen-bond donors (Lipinski definition) is 1. The molecule has 0 aliphatic heterocycles. The van der Waals surface area contributed by atoms with E-state index in [0.717, 1.165) is 23.4 Å². The van der Waals surface area contributed by atoms with Crippen molar-refractivity contribution in [1.82, 2.24) is 5.32 Å². The van der Waals surface area contributed by atoms with Crippen molar-refractivity contribution in [1.29, 1.82) is 0 Å². The minimum Gasteiger partial charge on any atom is -0.352 e. The predicted octanol–water partition coefficient (Wildman–Crippen LogP) is 3.56. The molecule has 17 heavy (non-hydrogen) atoms.